The molecule has 32 nitrogen and oxygen atoms in total. The van der Waals surface area contributed by atoms with Crippen molar-refractivity contribution in [3.63, 3.8) is 0 Å². The highest BCUT2D eigenvalue weighted by Gasteiger charge is 2.38. The van der Waals surface area contributed by atoms with Crippen LogP contribution in [0.15, 0.2) is 91.0 Å². The summed E-state index contributed by atoms with van der Waals surface area (Å²) in [5, 5.41) is 146. The smallest absolute Gasteiger partial charge is 0.232 e. The number of Topliss-reactive ketones (excluding diaryl/α,β-unsaturated/α-hetero) is 16. The highest BCUT2D eigenvalue weighted by Crippen LogP contribution is 2.44. The van der Waals surface area contributed by atoms with Crippen molar-refractivity contribution in [1.82, 2.24) is 0 Å². The molecule has 0 bridgehead atoms. The molecule has 742 valence electrons. The quantitative estimate of drug-likeness (QED) is 0.0146. The van der Waals surface area contributed by atoms with Crippen LogP contribution in [0.1, 0.15) is 248 Å². The third kappa shape index (κ3) is 33.7. The summed E-state index contributed by atoms with van der Waals surface area (Å²) < 4.78 is 53.0. The monoisotopic (exact) mass is 2020 g/mol. The number of rotatable bonds is 20. The van der Waals surface area contributed by atoms with E-state index in [1.165, 1.54) is 26.8 Å². The number of halogens is 9. The van der Waals surface area contributed by atoms with Crippen LogP contribution in [0.4, 0.5) is 17.6 Å². The fraction of sp³-hybridized carbons (Fsp3) is 0.333. The molecule has 0 aliphatic heterocycles. The molecule has 8 rings (SSSR count). The highest BCUT2D eigenvalue weighted by atomic mass is 35.5. The molecule has 0 amide bonds. The Kier molecular flexibility index (Phi) is 43.2. The summed E-state index contributed by atoms with van der Waals surface area (Å²) in [5.74, 6) is -28.2. The summed E-state index contributed by atoms with van der Waals surface area (Å²) >= 11 is 28.4. The Bertz CT molecular complexity index is 5790. The minimum absolute atomic E-state index is 0.0137. The molecule has 0 saturated carbocycles. The Morgan fingerprint density at radius 3 is 0.839 bits per heavy atom. The van der Waals surface area contributed by atoms with Crippen LogP contribution in [-0.2, 0) is 38.4 Å². The molecule has 0 radical (unpaired) electrons. The van der Waals surface area contributed by atoms with Crippen molar-refractivity contribution in [2.24, 2.45) is 44.3 Å². The SMILES string of the molecule is CC(C)(C)C(=O)C(=O)c1cc(Cl)c(O)c(O)c1Cl.CC(C)(C)C(=O)C(=O)c1cc(O)c(O)c(Cl)c1.CC(C)(C)C(=O)C(=O)c1cc(O)c(O)c(F)c1.CC(C)(C)C(=O)C(=O)c1cc(O)c(O)cc1Cl.CC(C)(C)C(=O)C(=O)c1ccc(O)c(O)c1Cl.CC(C)(C)C(=O)C(=O)c1ccc(O)c(O)c1F.CC(C)CC(=O)C(=O)c1cc(O)c(O)c(F)c1.CC(C)CC(=O)C(=O)c1ccc(O)c(O)c1F. The summed E-state index contributed by atoms with van der Waals surface area (Å²) in [7, 11) is 0. The molecule has 41 heteroatoms. The van der Waals surface area contributed by atoms with Crippen LogP contribution in [0.25, 0.3) is 0 Å². The number of phenolic OH excluding ortho intramolecular Hbond substituents is 16. The van der Waals surface area contributed by atoms with Gasteiger partial charge in [-0.15, -0.1) is 0 Å². The molecule has 8 aromatic rings. The van der Waals surface area contributed by atoms with Crippen molar-refractivity contribution in [2.75, 3.05) is 0 Å². The van der Waals surface area contributed by atoms with Crippen molar-refractivity contribution >= 4 is 151 Å². The van der Waals surface area contributed by atoms with Gasteiger partial charge in [0, 0.05) is 84.8 Å². The lowest BCUT2D eigenvalue weighted by Gasteiger charge is -2.16. The van der Waals surface area contributed by atoms with E-state index in [-0.39, 0.29) is 83.2 Å². The normalized spacial score (nSPS) is 11.1. The Labute approximate surface area is 807 Å². The number of phenols is 16. The number of aromatic hydroxyl groups is 16. The molecule has 8 aromatic carbocycles. The zero-order chi connectivity index (χ0) is 107. The molecule has 0 aromatic heterocycles. The number of carbonyl (C=O) groups is 16. The zero-order valence-corrected chi connectivity index (χ0v) is 81.6. The van der Waals surface area contributed by atoms with Gasteiger partial charge in [-0.05, 0) is 96.8 Å². The first kappa shape index (κ1) is 121. The van der Waals surface area contributed by atoms with E-state index in [0.717, 1.165) is 84.9 Å². The molecular weight excluding hydrogens is 1920 g/mol. The first-order valence-corrected chi connectivity index (χ1v) is 41.9. The van der Waals surface area contributed by atoms with Crippen molar-refractivity contribution < 1.29 is 176 Å². The van der Waals surface area contributed by atoms with E-state index in [1.54, 1.807) is 132 Å². The summed E-state index contributed by atoms with van der Waals surface area (Å²) in [6.45, 7) is 35.6. The van der Waals surface area contributed by atoms with Gasteiger partial charge in [-0.1, -0.05) is 210 Å². The average Bonchev–Trinajstić information content (AvgIpc) is 0.782. The van der Waals surface area contributed by atoms with Gasteiger partial charge in [0.25, 0.3) is 0 Å². The van der Waals surface area contributed by atoms with Gasteiger partial charge in [0.05, 0.1) is 36.2 Å². The summed E-state index contributed by atoms with van der Waals surface area (Å²) in [5.41, 5.74) is -7.24. The standard InChI is InChI=1S/C12H12Cl2O4.3C12H13ClO4.4C12H13FO4/c1-12(2,3)11(18)8(15)5-4-6(13)9(16)10(17)7(5)14;1-12(2,3)11(17)10(16)6-4-8(14)9(15)5-7(6)13;1-12(2,3)11(17)9(15)6-4-7(13)10(16)8(14)5-6;1-12(2,3)11(17)9(15)6-4-5-7(14)10(16)8(6)13;1-12(2,3)11(17)9(15)6-4-7(13)10(16)8(14)5-6;1-6(2)3-9(14)11(16)7-4-8(13)12(17)10(15)5-7;1-12(2,3)11(17)9(15)6-4-5-7(14)10(16)8(6)13;1-6(2)5-9(15)11(16)7-3-4-8(14)12(17)10(7)13/h4,16-17H,1-3H3;4-5,14-15H,1-3H3;3*4-5,14,16H,1-3H3;4-6,15,17H,3H2,1-2H3;4-5,14,16H,1-3H3;3-4,6,14,17H,5H2,1-2H3. The van der Waals surface area contributed by atoms with Gasteiger partial charge in [0.2, 0.25) is 92.5 Å². The van der Waals surface area contributed by atoms with Gasteiger partial charge < -0.3 is 81.7 Å². The molecule has 0 aliphatic carbocycles. The Morgan fingerprint density at radius 2 is 0.504 bits per heavy atom. The van der Waals surface area contributed by atoms with Gasteiger partial charge >= 0.3 is 0 Å². The second-order valence-corrected chi connectivity index (χ2v) is 38.7. The number of carbonyl (C=O) groups excluding carboxylic acids is 16. The molecule has 0 atom stereocenters. The van der Waals surface area contributed by atoms with E-state index < -0.39 is 251 Å². The van der Waals surface area contributed by atoms with Crippen LogP contribution < -0.4 is 0 Å². The van der Waals surface area contributed by atoms with Crippen LogP contribution in [0.5, 0.6) is 92.0 Å². The maximum Gasteiger partial charge on any atom is 0.232 e. The largest absolute Gasteiger partial charge is 0.504 e. The molecule has 0 fully saturated rings. The van der Waals surface area contributed by atoms with Crippen LogP contribution in [0.2, 0.25) is 25.1 Å². The van der Waals surface area contributed by atoms with Crippen molar-refractivity contribution in [3.8, 4) is 92.0 Å². The molecular formula is C96H103Cl5F4O32. The predicted octanol–water partition coefficient (Wildman–Crippen LogP) is 19.0. The summed E-state index contributed by atoms with van der Waals surface area (Å²) in [6.07, 6.45) is 0.0714. The Morgan fingerprint density at radius 1 is 0.241 bits per heavy atom. The van der Waals surface area contributed by atoms with Gasteiger partial charge in [-0.2, -0.15) is 0 Å². The Balaban J connectivity index is 0.000000783. The van der Waals surface area contributed by atoms with Crippen LogP contribution >= 0.6 is 58.0 Å². The topological polar surface area (TPSA) is 597 Å². The third-order valence-electron chi connectivity index (χ3n) is 17.7. The second kappa shape index (κ2) is 48.8. The molecule has 0 aliphatic rings. The lowest BCUT2D eigenvalue weighted by atomic mass is 9.86. The summed E-state index contributed by atoms with van der Waals surface area (Å²) in [6, 6.07) is 14.6. The van der Waals surface area contributed by atoms with Gasteiger partial charge in [0.1, 0.15) is 0 Å². The lowest BCUT2D eigenvalue weighted by molar-refractivity contribution is -0.122. The molecule has 0 unspecified atom stereocenters. The van der Waals surface area contributed by atoms with Crippen molar-refractivity contribution in [3.05, 3.63) is 184 Å². The summed E-state index contributed by atoms with van der Waals surface area (Å²) in [4.78, 5) is 187. The molecule has 0 spiro atoms. The maximum absolute atomic E-state index is 13.5. The van der Waals surface area contributed by atoms with Crippen LogP contribution in [0, 0.1) is 67.6 Å². The molecule has 0 saturated heterocycles. The molecule has 137 heavy (non-hydrogen) atoms. The number of benzene rings is 8. The van der Waals surface area contributed by atoms with Crippen LogP contribution in [0.3, 0.4) is 0 Å². The van der Waals surface area contributed by atoms with E-state index in [1.807, 2.05) is 0 Å². The fourth-order valence-corrected chi connectivity index (χ4v) is 11.0. The van der Waals surface area contributed by atoms with Gasteiger partial charge in [0.15, 0.2) is 115 Å². The van der Waals surface area contributed by atoms with Gasteiger partial charge in [-0.25, -0.2) is 17.6 Å². The van der Waals surface area contributed by atoms with Gasteiger partial charge in [-0.3, -0.25) is 76.7 Å². The third-order valence-corrected chi connectivity index (χ3v) is 19.3. The first-order valence-electron chi connectivity index (χ1n) is 40.1. The zero-order valence-electron chi connectivity index (χ0n) is 77.8. The van der Waals surface area contributed by atoms with E-state index in [0.29, 0.717) is 0 Å². The number of hydrogen-bond donors (Lipinski definition) is 16. The minimum atomic E-state index is -1.28. The number of hydrogen-bond acceptors (Lipinski definition) is 32. The molecule has 0 heterocycles. The minimum Gasteiger partial charge on any atom is -0.504 e. The van der Waals surface area contributed by atoms with Crippen LogP contribution in [-0.4, -0.2) is 174 Å². The molecule has 16 N–H and O–H groups in total. The second-order valence-electron chi connectivity index (χ2n) is 36.7. The van der Waals surface area contributed by atoms with E-state index >= 15 is 0 Å². The Hall–Kier alpha value is -13.6. The first-order chi connectivity index (χ1) is 62.0. The fourth-order valence-electron chi connectivity index (χ4n) is 9.86. The average molecular weight is 2020 g/mol. The van der Waals surface area contributed by atoms with E-state index in [2.05, 4.69) is 0 Å². The van der Waals surface area contributed by atoms with Crippen molar-refractivity contribution in [1.29, 1.82) is 0 Å². The predicted molar refractivity (Wildman–Crippen MR) is 493 cm³/mol. The van der Waals surface area contributed by atoms with Crippen molar-refractivity contribution in [2.45, 2.75) is 165 Å². The maximum atomic E-state index is 13.5. The lowest BCUT2D eigenvalue weighted by Crippen LogP contribution is -2.29. The van der Waals surface area contributed by atoms with E-state index in [4.69, 9.17) is 98.9 Å². The highest BCUT2D eigenvalue weighted by molar-refractivity contribution is 6.52. The van der Waals surface area contributed by atoms with E-state index in [9.17, 15) is 135 Å². The number of ketones is 16.